The quantitative estimate of drug-likeness (QED) is 0.850. The van der Waals surface area contributed by atoms with E-state index < -0.39 is 0 Å². The van der Waals surface area contributed by atoms with Crippen molar-refractivity contribution >= 4 is 5.91 Å². The van der Waals surface area contributed by atoms with Crippen LogP contribution in [-0.2, 0) is 22.5 Å². The van der Waals surface area contributed by atoms with E-state index in [4.69, 9.17) is 10.5 Å². The van der Waals surface area contributed by atoms with Crippen molar-refractivity contribution in [3.05, 3.63) is 11.4 Å². The fourth-order valence-electron chi connectivity index (χ4n) is 2.89. The number of nitrogens with two attached hydrogens (primary N) is 1. The Kier molecular flexibility index (Phi) is 3.50. The lowest BCUT2D eigenvalue weighted by molar-refractivity contribution is -0.117. The fourth-order valence-corrected chi connectivity index (χ4v) is 2.89. The van der Waals surface area contributed by atoms with Crippen molar-refractivity contribution in [2.24, 2.45) is 5.73 Å². The Bertz CT molecular complexity index is 461. The molecule has 0 aromatic carbocycles. The van der Waals surface area contributed by atoms with Crippen LogP contribution in [-0.4, -0.2) is 33.6 Å². The maximum absolute atomic E-state index is 11.1. The Morgan fingerprint density at radius 3 is 2.79 bits per heavy atom. The molecule has 2 heterocycles. The van der Waals surface area contributed by atoms with Crippen molar-refractivity contribution in [3.8, 4) is 0 Å². The SMILES string of the molecule is NC(=O)Cc1nnn(CC2CCCO2)c1C1CCC1. The van der Waals surface area contributed by atoms with Crippen molar-refractivity contribution in [1.29, 1.82) is 0 Å². The van der Waals surface area contributed by atoms with Crippen molar-refractivity contribution in [1.82, 2.24) is 15.0 Å². The summed E-state index contributed by atoms with van der Waals surface area (Å²) in [5.41, 5.74) is 7.16. The number of amides is 1. The lowest BCUT2D eigenvalue weighted by Crippen LogP contribution is -2.23. The molecule has 6 nitrogen and oxygen atoms in total. The molecule has 1 aromatic rings. The van der Waals surface area contributed by atoms with Gasteiger partial charge < -0.3 is 10.5 Å². The van der Waals surface area contributed by atoms with Crippen LogP contribution >= 0.6 is 0 Å². The number of hydrogen-bond donors (Lipinski definition) is 1. The predicted molar refractivity (Wildman–Crippen MR) is 68.5 cm³/mol. The van der Waals surface area contributed by atoms with Crippen LogP contribution in [0.4, 0.5) is 0 Å². The van der Waals surface area contributed by atoms with E-state index in [9.17, 15) is 4.79 Å². The third-order valence-corrected chi connectivity index (χ3v) is 4.08. The average Bonchev–Trinajstić information content (AvgIpc) is 2.90. The van der Waals surface area contributed by atoms with Gasteiger partial charge in [-0.3, -0.25) is 4.79 Å². The smallest absolute Gasteiger partial charge is 0.223 e. The Labute approximate surface area is 112 Å². The lowest BCUT2D eigenvalue weighted by atomic mass is 9.81. The third kappa shape index (κ3) is 2.63. The zero-order valence-electron chi connectivity index (χ0n) is 11.0. The molecular weight excluding hydrogens is 244 g/mol. The van der Waals surface area contributed by atoms with Crippen LogP contribution < -0.4 is 5.73 Å². The largest absolute Gasteiger partial charge is 0.376 e. The van der Waals surface area contributed by atoms with E-state index in [1.54, 1.807) is 0 Å². The van der Waals surface area contributed by atoms with Crippen LogP contribution in [0.5, 0.6) is 0 Å². The first-order chi connectivity index (χ1) is 9.24. The molecule has 1 saturated heterocycles. The maximum atomic E-state index is 11.1. The van der Waals surface area contributed by atoms with Crippen molar-refractivity contribution in [2.45, 2.75) is 57.1 Å². The Morgan fingerprint density at radius 1 is 1.37 bits per heavy atom. The molecule has 2 aliphatic rings. The van der Waals surface area contributed by atoms with E-state index in [1.165, 1.54) is 6.42 Å². The third-order valence-electron chi connectivity index (χ3n) is 4.08. The number of nitrogens with zero attached hydrogens (tertiary/aromatic N) is 3. The van der Waals surface area contributed by atoms with Crippen molar-refractivity contribution < 1.29 is 9.53 Å². The number of hydrogen-bond acceptors (Lipinski definition) is 4. The summed E-state index contributed by atoms with van der Waals surface area (Å²) in [6.07, 6.45) is 6.18. The number of ether oxygens (including phenoxy) is 1. The van der Waals surface area contributed by atoms with Gasteiger partial charge in [-0.15, -0.1) is 5.10 Å². The second-order valence-corrected chi connectivity index (χ2v) is 5.51. The van der Waals surface area contributed by atoms with Gasteiger partial charge in [-0.2, -0.15) is 0 Å². The number of aromatic nitrogens is 3. The van der Waals surface area contributed by atoms with Crippen molar-refractivity contribution in [3.63, 3.8) is 0 Å². The summed E-state index contributed by atoms with van der Waals surface area (Å²) in [4.78, 5) is 11.1. The highest BCUT2D eigenvalue weighted by atomic mass is 16.5. The Morgan fingerprint density at radius 2 is 2.21 bits per heavy atom. The summed E-state index contributed by atoms with van der Waals surface area (Å²) < 4.78 is 7.60. The highest BCUT2D eigenvalue weighted by molar-refractivity contribution is 5.76. The standard InChI is InChI=1S/C13H20N4O2/c14-12(18)7-11-13(9-3-1-4-9)17(16-15-11)8-10-5-2-6-19-10/h9-10H,1-8H2,(H2,14,18). The highest BCUT2D eigenvalue weighted by Gasteiger charge is 2.29. The summed E-state index contributed by atoms with van der Waals surface area (Å²) in [5, 5.41) is 8.37. The van der Waals surface area contributed by atoms with Gasteiger partial charge in [0.05, 0.1) is 30.5 Å². The van der Waals surface area contributed by atoms with E-state index in [1.807, 2.05) is 4.68 Å². The number of carbonyl (C=O) groups is 1. The Hall–Kier alpha value is -1.43. The molecule has 1 saturated carbocycles. The molecule has 1 atom stereocenters. The highest BCUT2D eigenvalue weighted by Crippen LogP contribution is 2.37. The summed E-state index contributed by atoms with van der Waals surface area (Å²) in [7, 11) is 0. The first kappa shape index (κ1) is 12.6. The van der Waals surface area contributed by atoms with Crippen molar-refractivity contribution in [2.75, 3.05) is 6.61 Å². The first-order valence-corrected chi connectivity index (χ1v) is 7.06. The molecule has 6 heteroatoms. The molecule has 2 N–H and O–H groups in total. The van der Waals surface area contributed by atoms with Gasteiger partial charge in [-0.05, 0) is 25.7 Å². The van der Waals surface area contributed by atoms with Crippen LogP contribution in [0.2, 0.25) is 0 Å². The molecule has 1 unspecified atom stereocenters. The molecule has 1 aliphatic carbocycles. The van der Waals surface area contributed by atoms with E-state index in [2.05, 4.69) is 10.3 Å². The zero-order chi connectivity index (χ0) is 13.2. The minimum Gasteiger partial charge on any atom is -0.376 e. The van der Waals surface area contributed by atoms with Gasteiger partial charge in [0.1, 0.15) is 0 Å². The van der Waals surface area contributed by atoms with Gasteiger partial charge in [0.25, 0.3) is 0 Å². The van der Waals surface area contributed by atoms with Gasteiger partial charge in [-0.25, -0.2) is 4.68 Å². The molecule has 0 spiro atoms. The molecule has 1 aliphatic heterocycles. The fraction of sp³-hybridized carbons (Fsp3) is 0.769. The van der Waals surface area contributed by atoms with Crippen LogP contribution in [0.3, 0.4) is 0 Å². The topological polar surface area (TPSA) is 83.0 Å². The summed E-state index contributed by atoms with van der Waals surface area (Å²) in [5.74, 6) is 0.149. The van der Waals surface area contributed by atoms with E-state index in [0.717, 1.165) is 50.2 Å². The maximum Gasteiger partial charge on any atom is 0.223 e. The van der Waals surface area contributed by atoms with Gasteiger partial charge in [0.15, 0.2) is 0 Å². The second kappa shape index (κ2) is 5.28. The average molecular weight is 264 g/mol. The van der Waals surface area contributed by atoms with Gasteiger partial charge in [0.2, 0.25) is 5.91 Å². The predicted octanol–water partition coefficient (Wildman–Crippen LogP) is 0.752. The summed E-state index contributed by atoms with van der Waals surface area (Å²) in [6.45, 7) is 1.59. The first-order valence-electron chi connectivity index (χ1n) is 7.06. The number of carbonyl (C=O) groups excluding carboxylic acids is 1. The van der Waals surface area contributed by atoms with E-state index in [-0.39, 0.29) is 18.4 Å². The van der Waals surface area contributed by atoms with Gasteiger partial charge in [-0.1, -0.05) is 11.6 Å². The normalized spacial score (nSPS) is 23.5. The molecule has 19 heavy (non-hydrogen) atoms. The van der Waals surface area contributed by atoms with Crippen LogP contribution in [0.25, 0.3) is 0 Å². The molecule has 1 amide bonds. The van der Waals surface area contributed by atoms with E-state index in [0.29, 0.717) is 5.92 Å². The number of primary amides is 1. The molecule has 3 rings (SSSR count). The molecular formula is C13H20N4O2. The monoisotopic (exact) mass is 264 g/mol. The molecule has 1 aromatic heterocycles. The van der Waals surface area contributed by atoms with Crippen LogP contribution in [0.1, 0.15) is 49.4 Å². The minimum absolute atomic E-state index is 0.192. The summed E-state index contributed by atoms with van der Waals surface area (Å²) in [6, 6.07) is 0. The molecule has 2 fully saturated rings. The zero-order valence-corrected chi connectivity index (χ0v) is 11.0. The molecule has 104 valence electrons. The number of rotatable bonds is 5. The van der Waals surface area contributed by atoms with Crippen LogP contribution in [0, 0.1) is 0 Å². The van der Waals surface area contributed by atoms with E-state index >= 15 is 0 Å². The molecule has 0 radical (unpaired) electrons. The van der Waals surface area contributed by atoms with Gasteiger partial charge >= 0.3 is 0 Å². The second-order valence-electron chi connectivity index (χ2n) is 5.51. The minimum atomic E-state index is -0.343. The van der Waals surface area contributed by atoms with Gasteiger partial charge in [0, 0.05) is 12.5 Å². The molecule has 0 bridgehead atoms. The van der Waals surface area contributed by atoms with Crippen LogP contribution in [0.15, 0.2) is 0 Å². The summed E-state index contributed by atoms with van der Waals surface area (Å²) >= 11 is 0. The lowest BCUT2D eigenvalue weighted by Gasteiger charge is -2.27. The Balaban J connectivity index is 1.81.